The predicted octanol–water partition coefficient (Wildman–Crippen LogP) is 5.23. The molecule has 1 N–H and O–H groups in total. The predicted molar refractivity (Wildman–Crippen MR) is 124 cm³/mol. The van der Waals surface area contributed by atoms with Crippen LogP contribution in [0.2, 0.25) is 0 Å². The van der Waals surface area contributed by atoms with Crippen LogP contribution in [-0.4, -0.2) is 25.6 Å². The fourth-order valence-corrected chi connectivity index (χ4v) is 5.35. The second kappa shape index (κ2) is 9.40. The molecular weight excluding hydrogens is 485 g/mol. The lowest BCUT2D eigenvalue weighted by molar-refractivity contribution is 0.0950. The highest BCUT2D eigenvalue weighted by atomic mass is 32.2. The van der Waals surface area contributed by atoms with Crippen molar-refractivity contribution < 1.29 is 26.4 Å². The number of halogens is 3. The molecule has 0 saturated carbocycles. The Bertz CT molecular complexity index is 1460. The molecular formula is C24H17F3N2O3S2. The molecule has 0 aliphatic rings. The second-order valence-electron chi connectivity index (χ2n) is 7.43. The van der Waals surface area contributed by atoms with Crippen molar-refractivity contribution in [2.45, 2.75) is 11.4 Å². The second-order valence-corrected chi connectivity index (χ2v) is 10.4. The first-order valence-electron chi connectivity index (χ1n) is 9.91. The van der Waals surface area contributed by atoms with Gasteiger partial charge in [0.25, 0.3) is 5.91 Å². The molecule has 0 aliphatic heterocycles. The van der Waals surface area contributed by atoms with Gasteiger partial charge in [0, 0.05) is 30.0 Å². The summed E-state index contributed by atoms with van der Waals surface area (Å²) in [7, 11) is -3.61. The third kappa shape index (κ3) is 5.18. The molecule has 10 heteroatoms. The smallest absolute Gasteiger partial charge is 0.280 e. The Morgan fingerprint density at radius 3 is 2.24 bits per heavy atom. The number of thiazole rings is 1. The highest BCUT2D eigenvalue weighted by Crippen LogP contribution is 2.39. The molecule has 0 saturated heterocycles. The van der Waals surface area contributed by atoms with Gasteiger partial charge in [0.1, 0.15) is 17.5 Å². The van der Waals surface area contributed by atoms with Gasteiger partial charge in [0.05, 0.1) is 15.5 Å². The average Bonchev–Trinajstić information content (AvgIpc) is 3.22. The van der Waals surface area contributed by atoms with Gasteiger partial charge < -0.3 is 5.32 Å². The van der Waals surface area contributed by atoms with Crippen molar-refractivity contribution in [3.63, 3.8) is 0 Å². The number of carbonyl (C=O) groups is 1. The third-order valence-electron chi connectivity index (χ3n) is 4.85. The van der Waals surface area contributed by atoms with Crippen molar-refractivity contribution >= 4 is 27.1 Å². The van der Waals surface area contributed by atoms with E-state index >= 15 is 0 Å². The Morgan fingerprint density at radius 1 is 0.941 bits per heavy atom. The van der Waals surface area contributed by atoms with Crippen molar-refractivity contribution in [2.24, 2.45) is 0 Å². The average molecular weight is 503 g/mol. The summed E-state index contributed by atoms with van der Waals surface area (Å²) in [5.74, 6) is -2.60. The van der Waals surface area contributed by atoms with Gasteiger partial charge in [-0.2, -0.15) is 0 Å². The van der Waals surface area contributed by atoms with Crippen molar-refractivity contribution in [1.29, 1.82) is 0 Å². The van der Waals surface area contributed by atoms with Crippen LogP contribution in [-0.2, 0) is 16.4 Å². The van der Waals surface area contributed by atoms with Gasteiger partial charge in [-0.15, -0.1) is 11.3 Å². The quantitative estimate of drug-likeness (QED) is 0.392. The molecule has 34 heavy (non-hydrogen) atoms. The van der Waals surface area contributed by atoms with E-state index in [9.17, 15) is 26.4 Å². The van der Waals surface area contributed by atoms with E-state index in [2.05, 4.69) is 10.3 Å². The van der Waals surface area contributed by atoms with Crippen LogP contribution in [0.1, 0.15) is 15.4 Å². The van der Waals surface area contributed by atoms with E-state index in [0.29, 0.717) is 21.7 Å². The topological polar surface area (TPSA) is 76.1 Å². The van der Waals surface area contributed by atoms with Crippen molar-refractivity contribution in [3.8, 4) is 21.7 Å². The summed E-state index contributed by atoms with van der Waals surface area (Å²) < 4.78 is 65.1. The molecule has 1 aromatic heterocycles. The minimum Gasteiger partial charge on any atom is -0.346 e. The van der Waals surface area contributed by atoms with Crippen LogP contribution in [0.15, 0.2) is 71.6 Å². The molecule has 4 aromatic rings. The van der Waals surface area contributed by atoms with Gasteiger partial charge in [-0.05, 0) is 48.0 Å². The highest BCUT2D eigenvalue weighted by Gasteiger charge is 2.23. The van der Waals surface area contributed by atoms with Gasteiger partial charge in [-0.25, -0.2) is 26.6 Å². The minimum absolute atomic E-state index is 0.00880. The molecule has 4 rings (SSSR count). The Morgan fingerprint density at radius 2 is 1.59 bits per heavy atom. The van der Waals surface area contributed by atoms with Gasteiger partial charge in [-0.1, -0.05) is 18.2 Å². The number of amides is 1. The first-order chi connectivity index (χ1) is 16.1. The molecule has 0 spiro atoms. The molecule has 1 heterocycles. The number of benzene rings is 3. The summed E-state index contributed by atoms with van der Waals surface area (Å²) in [6, 6.07) is 14.7. The lowest BCUT2D eigenvalue weighted by atomic mass is 10.1. The minimum atomic E-state index is -3.61. The maximum absolute atomic E-state index is 13.5. The van der Waals surface area contributed by atoms with E-state index in [1.54, 1.807) is 18.2 Å². The molecule has 0 fully saturated rings. The molecule has 174 valence electrons. The normalized spacial score (nSPS) is 11.4. The zero-order chi connectivity index (χ0) is 24.5. The fourth-order valence-electron chi connectivity index (χ4n) is 3.35. The molecule has 0 atom stereocenters. The number of hydrogen-bond donors (Lipinski definition) is 1. The van der Waals surface area contributed by atoms with Gasteiger partial charge in [0.15, 0.2) is 14.8 Å². The number of aromatic nitrogens is 1. The third-order valence-corrected chi connectivity index (χ3v) is 7.09. The van der Waals surface area contributed by atoms with Crippen LogP contribution in [0, 0.1) is 17.5 Å². The number of carbonyl (C=O) groups excluding carboxylic acids is 1. The Balaban J connectivity index is 1.76. The van der Waals surface area contributed by atoms with Crippen LogP contribution < -0.4 is 5.32 Å². The summed E-state index contributed by atoms with van der Waals surface area (Å²) in [6.45, 7) is -0.145. The van der Waals surface area contributed by atoms with Crippen LogP contribution in [0.25, 0.3) is 21.7 Å². The van der Waals surface area contributed by atoms with Gasteiger partial charge in [-0.3, -0.25) is 4.79 Å². The molecule has 3 aromatic carbocycles. The largest absolute Gasteiger partial charge is 0.346 e. The van der Waals surface area contributed by atoms with E-state index in [1.807, 2.05) is 0 Å². The highest BCUT2D eigenvalue weighted by molar-refractivity contribution is 7.90. The molecule has 1 amide bonds. The summed E-state index contributed by atoms with van der Waals surface area (Å²) in [5.41, 5.74) is 1.38. The number of nitrogens with one attached hydrogen (secondary N) is 1. The molecule has 0 aliphatic carbocycles. The van der Waals surface area contributed by atoms with E-state index in [-0.39, 0.29) is 22.0 Å². The molecule has 0 radical (unpaired) electrons. The van der Waals surface area contributed by atoms with Crippen LogP contribution >= 0.6 is 11.3 Å². The monoisotopic (exact) mass is 502 g/mol. The molecule has 0 unspecified atom stereocenters. The van der Waals surface area contributed by atoms with E-state index in [0.717, 1.165) is 35.8 Å². The first-order valence-corrected chi connectivity index (χ1v) is 12.6. The maximum Gasteiger partial charge on any atom is 0.280 e. The van der Waals surface area contributed by atoms with Gasteiger partial charge >= 0.3 is 0 Å². The Labute approximate surface area is 197 Å². The summed E-state index contributed by atoms with van der Waals surface area (Å²) in [6.07, 6.45) is 1.08. The molecule has 5 nitrogen and oxygen atoms in total. The van der Waals surface area contributed by atoms with E-state index < -0.39 is 33.2 Å². The standard InChI is InChI=1S/C24H17F3N2O3S2/c1-34(31,32)20-5-3-2-4-19(20)22-21(15-6-8-16(25)9-7-15)29-24(33-22)23(30)28-13-14-10-17(26)12-18(27)11-14/h2-12H,13H2,1H3,(H,28,30). The maximum atomic E-state index is 13.5. The lowest BCUT2D eigenvalue weighted by Gasteiger charge is -2.08. The zero-order valence-electron chi connectivity index (χ0n) is 17.7. The van der Waals surface area contributed by atoms with Crippen LogP contribution in [0.5, 0.6) is 0 Å². The number of sulfone groups is 1. The summed E-state index contributed by atoms with van der Waals surface area (Å²) in [4.78, 5) is 17.7. The van der Waals surface area contributed by atoms with Crippen LogP contribution in [0.3, 0.4) is 0 Å². The van der Waals surface area contributed by atoms with Crippen molar-refractivity contribution in [3.05, 3.63) is 94.8 Å². The fraction of sp³-hybridized carbons (Fsp3) is 0.0833. The Hall–Kier alpha value is -3.50. The van der Waals surface area contributed by atoms with Crippen LogP contribution in [0.4, 0.5) is 13.2 Å². The van der Waals surface area contributed by atoms with E-state index in [1.165, 1.54) is 30.3 Å². The number of rotatable bonds is 6. The summed E-state index contributed by atoms with van der Waals surface area (Å²) >= 11 is 0.962. The SMILES string of the molecule is CS(=O)(=O)c1ccccc1-c1sc(C(=O)NCc2cc(F)cc(F)c2)nc1-c1ccc(F)cc1. The summed E-state index contributed by atoms with van der Waals surface area (Å²) in [5, 5.41) is 2.57. The van der Waals surface area contributed by atoms with Crippen molar-refractivity contribution in [2.75, 3.05) is 6.26 Å². The number of hydrogen-bond acceptors (Lipinski definition) is 5. The van der Waals surface area contributed by atoms with Crippen molar-refractivity contribution in [1.82, 2.24) is 10.3 Å². The van der Waals surface area contributed by atoms with E-state index in [4.69, 9.17) is 0 Å². The zero-order valence-corrected chi connectivity index (χ0v) is 19.3. The Kier molecular flexibility index (Phi) is 6.54. The first kappa shape index (κ1) is 23.7. The molecule has 0 bridgehead atoms. The number of nitrogens with zero attached hydrogens (tertiary/aromatic N) is 1. The lowest BCUT2D eigenvalue weighted by Crippen LogP contribution is -2.22. The van der Waals surface area contributed by atoms with Gasteiger partial charge in [0.2, 0.25) is 0 Å².